The first-order chi connectivity index (χ1) is 12.9. The largest absolute Gasteiger partial charge is 0.388 e. The fourth-order valence-corrected chi connectivity index (χ4v) is 2.92. The molecule has 1 fully saturated rings. The van der Waals surface area contributed by atoms with Crippen LogP contribution in [0.2, 0.25) is 0 Å². The van der Waals surface area contributed by atoms with Crippen molar-refractivity contribution in [2.24, 2.45) is 4.99 Å². The van der Waals surface area contributed by atoms with Gasteiger partial charge in [0.25, 0.3) is 5.91 Å². The van der Waals surface area contributed by atoms with Crippen molar-refractivity contribution in [1.82, 2.24) is 15.5 Å². The van der Waals surface area contributed by atoms with Gasteiger partial charge < -0.3 is 25.4 Å². The van der Waals surface area contributed by atoms with Crippen LogP contribution in [0.1, 0.15) is 35.7 Å². The summed E-state index contributed by atoms with van der Waals surface area (Å²) in [5, 5.41) is 17.0. The van der Waals surface area contributed by atoms with Gasteiger partial charge in [0.1, 0.15) is 0 Å². The van der Waals surface area contributed by atoms with Gasteiger partial charge in [-0.3, -0.25) is 9.79 Å². The highest BCUT2D eigenvalue weighted by Crippen LogP contribution is 2.20. The molecule has 28 heavy (non-hydrogen) atoms. The Kier molecular flexibility index (Phi) is 10.8. The third-order valence-electron chi connectivity index (χ3n) is 4.59. The molecule has 158 valence electrons. The number of halogens is 1. The van der Waals surface area contributed by atoms with Gasteiger partial charge in [0, 0.05) is 58.8 Å². The molecule has 1 amide bonds. The lowest BCUT2D eigenvalue weighted by Gasteiger charge is -2.30. The maximum Gasteiger partial charge on any atom is 0.253 e. The van der Waals surface area contributed by atoms with Crippen molar-refractivity contribution in [3.63, 3.8) is 0 Å². The molecule has 1 aromatic rings. The van der Waals surface area contributed by atoms with Crippen LogP contribution in [0, 0.1) is 0 Å². The molecular weight excluding hydrogens is 471 g/mol. The minimum Gasteiger partial charge on any atom is -0.388 e. The van der Waals surface area contributed by atoms with Gasteiger partial charge in [0.15, 0.2) is 5.96 Å². The van der Waals surface area contributed by atoms with Crippen molar-refractivity contribution >= 4 is 35.8 Å². The van der Waals surface area contributed by atoms with E-state index in [1.807, 2.05) is 31.2 Å². The summed E-state index contributed by atoms with van der Waals surface area (Å²) in [6.07, 6.45) is 2.00. The van der Waals surface area contributed by atoms with E-state index in [0.717, 1.165) is 18.5 Å². The fraction of sp³-hybridized carbons (Fsp3) is 0.600. The molecule has 0 saturated carbocycles. The number of rotatable bonds is 7. The molecule has 1 aliphatic rings. The molecular formula is C20H33IN4O3. The maximum atomic E-state index is 12.1. The van der Waals surface area contributed by atoms with Crippen LogP contribution < -0.4 is 10.6 Å². The van der Waals surface area contributed by atoms with Crippen LogP contribution in [0.4, 0.5) is 0 Å². The Hall–Kier alpha value is -1.39. The quantitative estimate of drug-likeness (QED) is 0.299. The molecule has 2 rings (SSSR count). The predicted molar refractivity (Wildman–Crippen MR) is 123 cm³/mol. The molecule has 0 bridgehead atoms. The van der Waals surface area contributed by atoms with E-state index in [9.17, 15) is 9.90 Å². The normalized spacial score (nSPS) is 16.1. The first kappa shape index (κ1) is 24.6. The molecule has 0 unspecified atom stereocenters. The first-order valence-corrected chi connectivity index (χ1v) is 9.56. The van der Waals surface area contributed by atoms with Crippen LogP contribution >= 0.6 is 24.0 Å². The van der Waals surface area contributed by atoms with Gasteiger partial charge in [0.05, 0.1) is 12.1 Å². The molecule has 0 radical (unpaired) electrons. The Morgan fingerprint density at radius 2 is 2.00 bits per heavy atom. The zero-order chi connectivity index (χ0) is 19.7. The molecule has 0 spiro atoms. The summed E-state index contributed by atoms with van der Waals surface area (Å²) in [7, 11) is 3.50. The van der Waals surface area contributed by atoms with E-state index in [1.54, 1.807) is 19.0 Å². The predicted octanol–water partition coefficient (Wildman–Crippen LogP) is 1.65. The van der Waals surface area contributed by atoms with Crippen molar-refractivity contribution in [3.8, 4) is 0 Å². The average Bonchev–Trinajstić information content (AvgIpc) is 2.66. The number of carbonyl (C=O) groups is 1. The summed E-state index contributed by atoms with van der Waals surface area (Å²) in [5.74, 6) is 0.697. The first-order valence-electron chi connectivity index (χ1n) is 9.56. The van der Waals surface area contributed by atoms with Crippen molar-refractivity contribution < 1.29 is 14.6 Å². The molecule has 0 aliphatic carbocycles. The summed E-state index contributed by atoms with van der Waals surface area (Å²) < 4.78 is 5.31. The second kappa shape index (κ2) is 12.2. The third kappa shape index (κ3) is 7.92. The molecule has 1 aliphatic heterocycles. The van der Waals surface area contributed by atoms with Gasteiger partial charge in [-0.15, -0.1) is 24.0 Å². The molecule has 0 atom stereocenters. The number of guanidine groups is 1. The lowest BCUT2D eigenvalue weighted by Crippen LogP contribution is -2.43. The van der Waals surface area contributed by atoms with Gasteiger partial charge in [-0.05, 0) is 31.0 Å². The number of hydrogen-bond acceptors (Lipinski definition) is 4. The van der Waals surface area contributed by atoms with Crippen molar-refractivity contribution in [2.75, 3.05) is 46.9 Å². The summed E-state index contributed by atoms with van der Waals surface area (Å²) in [6, 6.07) is 7.69. The Morgan fingerprint density at radius 1 is 1.29 bits per heavy atom. The van der Waals surface area contributed by atoms with Gasteiger partial charge >= 0.3 is 0 Å². The number of nitrogens with one attached hydrogen (secondary N) is 2. The highest BCUT2D eigenvalue weighted by Gasteiger charge is 2.29. The zero-order valence-corrected chi connectivity index (χ0v) is 19.4. The zero-order valence-electron chi connectivity index (χ0n) is 17.0. The number of hydrogen-bond donors (Lipinski definition) is 3. The molecule has 1 aromatic carbocycles. The minimum absolute atomic E-state index is 0. The van der Waals surface area contributed by atoms with Crippen LogP contribution in [0.3, 0.4) is 0 Å². The third-order valence-corrected chi connectivity index (χ3v) is 4.59. The molecule has 8 heteroatoms. The summed E-state index contributed by atoms with van der Waals surface area (Å²) in [4.78, 5) is 18.2. The van der Waals surface area contributed by atoms with E-state index in [-0.39, 0.29) is 29.9 Å². The highest BCUT2D eigenvalue weighted by molar-refractivity contribution is 14.0. The smallest absolute Gasteiger partial charge is 0.253 e. The monoisotopic (exact) mass is 504 g/mol. The van der Waals surface area contributed by atoms with Crippen molar-refractivity contribution in [1.29, 1.82) is 0 Å². The van der Waals surface area contributed by atoms with Gasteiger partial charge in [-0.25, -0.2) is 0 Å². The SMILES string of the molecule is CCNC(=NCC1(O)CCOCC1)NCCc1cccc(C(=O)N(C)C)c1.I. The van der Waals surface area contributed by atoms with E-state index in [4.69, 9.17) is 4.74 Å². The second-order valence-electron chi connectivity index (χ2n) is 7.11. The summed E-state index contributed by atoms with van der Waals surface area (Å²) in [5.41, 5.74) is 1.01. The van der Waals surface area contributed by atoms with E-state index < -0.39 is 5.60 Å². The second-order valence-corrected chi connectivity index (χ2v) is 7.11. The van der Waals surface area contributed by atoms with E-state index in [2.05, 4.69) is 15.6 Å². The van der Waals surface area contributed by atoms with E-state index in [0.29, 0.717) is 50.7 Å². The van der Waals surface area contributed by atoms with Gasteiger partial charge in [0.2, 0.25) is 0 Å². The Labute approximate surface area is 185 Å². The number of amides is 1. The molecule has 3 N–H and O–H groups in total. The lowest BCUT2D eigenvalue weighted by atomic mass is 9.95. The van der Waals surface area contributed by atoms with Crippen LogP contribution in [0.25, 0.3) is 0 Å². The van der Waals surface area contributed by atoms with Crippen LogP contribution in [0.15, 0.2) is 29.3 Å². The van der Waals surface area contributed by atoms with Crippen LogP contribution in [0.5, 0.6) is 0 Å². The number of aliphatic imine (C=N–C) groups is 1. The Balaban J connectivity index is 0.00000392. The van der Waals surface area contributed by atoms with Gasteiger partial charge in [-0.1, -0.05) is 12.1 Å². The summed E-state index contributed by atoms with van der Waals surface area (Å²) >= 11 is 0. The van der Waals surface area contributed by atoms with Crippen LogP contribution in [-0.2, 0) is 11.2 Å². The Morgan fingerprint density at radius 3 is 2.64 bits per heavy atom. The van der Waals surface area contributed by atoms with E-state index >= 15 is 0 Å². The number of ether oxygens (including phenoxy) is 1. The van der Waals surface area contributed by atoms with Gasteiger partial charge in [-0.2, -0.15) is 0 Å². The number of aliphatic hydroxyl groups is 1. The molecule has 0 aromatic heterocycles. The maximum absolute atomic E-state index is 12.1. The number of benzene rings is 1. The highest BCUT2D eigenvalue weighted by atomic mass is 127. The standard InChI is InChI=1S/C20H32N4O3.HI/c1-4-21-19(23-15-20(26)9-12-27-13-10-20)22-11-8-16-6-5-7-17(14-16)18(25)24(2)3;/h5-7,14,26H,4,8-13,15H2,1-3H3,(H2,21,22,23);1H. The van der Waals surface area contributed by atoms with Crippen LogP contribution in [-0.4, -0.2) is 74.4 Å². The average molecular weight is 504 g/mol. The number of carbonyl (C=O) groups excluding carboxylic acids is 1. The fourth-order valence-electron chi connectivity index (χ4n) is 2.92. The topological polar surface area (TPSA) is 86.2 Å². The van der Waals surface area contributed by atoms with Crippen molar-refractivity contribution in [2.45, 2.75) is 31.8 Å². The minimum atomic E-state index is -0.776. The molecule has 7 nitrogen and oxygen atoms in total. The lowest BCUT2D eigenvalue weighted by molar-refractivity contribution is -0.0566. The van der Waals surface area contributed by atoms with E-state index in [1.165, 1.54) is 0 Å². The Bertz CT molecular complexity index is 646. The summed E-state index contributed by atoms with van der Waals surface area (Å²) in [6.45, 7) is 4.97. The number of nitrogens with zero attached hydrogens (tertiary/aromatic N) is 2. The molecule has 1 saturated heterocycles. The molecule has 1 heterocycles. The van der Waals surface area contributed by atoms with Crippen molar-refractivity contribution in [3.05, 3.63) is 35.4 Å².